The summed E-state index contributed by atoms with van der Waals surface area (Å²) in [5.74, 6) is 0.833. The highest BCUT2D eigenvalue weighted by molar-refractivity contribution is 6.30. The Labute approximate surface area is 128 Å². The summed E-state index contributed by atoms with van der Waals surface area (Å²) in [6, 6.07) is 8.71. The van der Waals surface area contributed by atoms with Crippen LogP contribution in [-0.4, -0.2) is 31.1 Å². The Balaban J connectivity index is 1.81. The third kappa shape index (κ3) is 4.47. The van der Waals surface area contributed by atoms with Crippen LogP contribution in [0.5, 0.6) is 0 Å². The number of nitrogens with zero attached hydrogens (tertiary/aromatic N) is 1. The molecule has 0 aromatic heterocycles. The zero-order chi connectivity index (χ0) is 14.4. The van der Waals surface area contributed by atoms with E-state index in [1.165, 1.54) is 38.0 Å². The van der Waals surface area contributed by atoms with Gasteiger partial charge in [0.15, 0.2) is 0 Å². The van der Waals surface area contributed by atoms with Crippen molar-refractivity contribution in [3.8, 4) is 0 Å². The van der Waals surface area contributed by atoms with Crippen LogP contribution < -0.4 is 5.32 Å². The molecule has 2 rings (SSSR count). The van der Waals surface area contributed by atoms with Gasteiger partial charge in [0.25, 0.3) is 0 Å². The monoisotopic (exact) mass is 294 g/mol. The average Bonchev–Trinajstić information content (AvgIpc) is 2.50. The second-order valence-corrected chi connectivity index (χ2v) is 6.23. The lowest BCUT2D eigenvalue weighted by Gasteiger charge is -2.32. The van der Waals surface area contributed by atoms with Crippen LogP contribution in [0.4, 0.5) is 0 Å². The van der Waals surface area contributed by atoms with Crippen molar-refractivity contribution in [2.75, 3.05) is 26.2 Å². The Morgan fingerprint density at radius 2 is 1.85 bits per heavy atom. The van der Waals surface area contributed by atoms with Crippen molar-refractivity contribution in [3.63, 3.8) is 0 Å². The molecule has 3 heteroatoms. The first-order valence-electron chi connectivity index (χ1n) is 7.94. The molecule has 1 saturated heterocycles. The molecular formula is C17H27ClN2. The van der Waals surface area contributed by atoms with Crippen molar-refractivity contribution < 1.29 is 0 Å². The molecule has 20 heavy (non-hydrogen) atoms. The van der Waals surface area contributed by atoms with Crippen LogP contribution in [0.25, 0.3) is 0 Å². The normalized spacial score (nSPS) is 19.1. The van der Waals surface area contributed by atoms with E-state index < -0.39 is 0 Å². The third-order valence-corrected chi connectivity index (χ3v) is 4.74. The van der Waals surface area contributed by atoms with E-state index in [0.717, 1.165) is 23.9 Å². The maximum atomic E-state index is 5.96. The number of benzene rings is 1. The molecule has 0 bridgehead atoms. The molecule has 112 valence electrons. The minimum Gasteiger partial charge on any atom is -0.310 e. The maximum absolute atomic E-state index is 5.96. The van der Waals surface area contributed by atoms with Gasteiger partial charge >= 0.3 is 0 Å². The smallest absolute Gasteiger partial charge is 0.0406 e. The number of halogens is 1. The van der Waals surface area contributed by atoms with Crippen molar-refractivity contribution in [1.82, 2.24) is 10.2 Å². The predicted octanol–water partition coefficient (Wildman–Crippen LogP) is 4.11. The summed E-state index contributed by atoms with van der Waals surface area (Å²) in [6.45, 7) is 9.36. The number of piperidine rings is 1. The van der Waals surface area contributed by atoms with Gasteiger partial charge < -0.3 is 10.2 Å². The van der Waals surface area contributed by atoms with E-state index in [0.29, 0.717) is 6.04 Å². The third-order valence-electron chi connectivity index (χ3n) is 4.49. The van der Waals surface area contributed by atoms with Gasteiger partial charge in [-0.05, 0) is 69.1 Å². The number of likely N-dealkylation sites (tertiary alicyclic amines) is 1. The summed E-state index contributed by atoms with van der Waals surface area (Å²) in [7, 11) is 0. The van der Waals surface area contributed by atoms with Gasteiger partial charge in [0.05, 0.1) is 0 Å². The number of hydrogen-bond donors (Lipinski definition) is 1. The van der Waals surface area contributed by atoms with E-state index in [2.05, 4.69) is 36.2 Å². The van der Waals surface area contributed by atoms with Gasteiger partial charge in [-0.3, -0.25) is 0 Å². The lowest BCUT2D eigenvalue weighted by molar-refractivity contribution is 0.187. The highest BCUT2D eigenvalue weighted by atomic mass is 35.5. The summed E-state index contributed by atoms with van der Waals surface area (Å²) in [5.41, 5.74) is 1.35. The van der Waals surface area contributed by atoms with Gasteiger partial charge in [-0.15, -0.1) is 0 Å². The quantitative estimate of drug-likeness (QED) is 0.849. The Kier molecular flexibility index (Phi) is 6.34. The first-order chi connectivity index (χ1) is 9.72. The molecule has 1 aliphatic rings. The Morgan fingerprint density at radius 3 is 2.40 bits per heavy atom. The Hall–Kier alpha value is -0.570. The van der Waals surface area contributed by atoms with Gasteiger partial charge in [-0.2, -0.15) is 0 Å². The SMILES string of the molecule is CCC(NCC1CCN(CC)CC1)c1ccc(Cl)cc1. The maximum Gasteiger partial charge on any atom is 0.0406 e. The van der Waals surface area contributed by atoms with Gasteiger partial charge in [0.1, 0.15) is 0 Å². The highest BCUT2D eigenvalue weighted by Crippen LogP contribution is 2.21. The molecule has 1 aliphatic heterocycles. The highest BCUT2D eigenvalue weighted by Gasteiger charge is 2.19. The van der Waals surface area contributed by atoms with E-state index in [9.17, 15) is 0 Å². The van der Waals surface area contributed by atoms with Gasteiger partial charge in [0.2, 0.25) is 0 Å². The van der Waals surface area contributed by atoms with Gasteiger partial charge in [0, 0.05) is 11.1 Å². The minimum absolute atomic E-state index is 0.455. The second kappa shape index (κ2) is 8.02. The standard InChI is InChI=1S/C17H27ClN2/c1-3-17(15-5-7-16(18)8-6-15)19-13-14-9-11-20(4-2)12-10-14/h5-8,14,17,19H,3-4,9-13H2,1-2H3. The van der Waals surface area contributed by atoms with Gasteiger partial charge in [-0.1, -0.05) is 37.6 Å². The molecule has 0 amide bonds. The fourth-order valence-electron chi connectivity index (χ4n) is 3.01. The molecule has 0 saturated carbocycles. The summed E-state index contributed by atoms with van der Waals surface area (Å²) in [5, 5.41) is 4.56. The molecule has 1 fully saturated rings. The minimum atomic E-state index is 0.455. The summed E-state index contributed by atoms with van der Waals surface area (Å²) in [6.07, 6.45) is 3.78. The van der Waals surface area contributed by atoms with Crippen LogP contribution >= 0.6 is 11.6 Å². The van der Waals surface area contributed by atoms with Crippen LogP contribution in [-0.2, 0) is 0 Å². The van der Waals surface area contributed by atoms with Crippen LogP contribution in [0, 0.1) is 5.92 Å². The second-order valence-electron chi connectivity index (χ2n) is 5.80. The van der Waals surface area contributed by atoms with Crippen molar-refractivity contribution in [2.45, 2.75) is 39.2 Å². The molecule has 1 heterocycles. The zero-order valence-corrected chi connectivity index (χ0v) is 13.5. The van der Waals surface area contributed by atoms with Crippen molar-refractivity contribution in [2.24, 2.45) is 5.92 Å². The molecule has 1 aromatic rings. The van der Waals surface area contributed by atoms with E-state index >= 15 is 0 Å². The summed E-state index contributed by atoms with van der Waals surface area (Å²) < 4.78 is 0. The number of nitrogens with one attached hydrogen (secondary N) is 1. The topological polar surface area (TPSA) is 15.3 Å². The van der Waals surface area contributed by atoms with E-state index in [4.69, 9.17) is 11.6 Å². The van der Waals surface area contributed by atoms with Crippen molar-refractivity contribution in [1.29, 1.82) is 0 Å². The van der Waals surface area contributed by atoms with E-state index in [-0.39, 0.29) is 0 Å². The molecule has 1 aromatic carbocycles. The molecular weight excluding hydrogens is 268 g/mol. The fraction of sp³-hybridized carbons (Fsp3) is 0.647. The lowest BCUT2D eigenvalue weighted by Crippen LogP contribution is -2.37. The molecule has 0 spiro atoms. The zero-order valence-electron chi connectivity index (χ0n) is 12.7. The average molecular weight is 295 g/mol. The number of rotatable bonds is 6. The fourth-order valence-corrected chi connectivity index (χ4v) is 3.13. The van der Waals surface area contributed by atoms with Crippen LogP contribution in [0.15, 0.2) is 24.3 Å². The van der Waals surface area contributed by atoms with Crippen LogP contribution in [0.2, 0.25) is 5.02 Å². The van der Waals surface area contributed by atoms with Crippen LogP contribution in [0.1, 0.15) is 44.7 Å². The first-order valence-corrected chi connectivity index (χ1v) is 8.32. The van der Waals surface area contributed by atoms with Crippen molar-refractivity contribution in [3.05, 3.63) is 34.9 Å². The Bertz CT molecular complexity index is 382. The van der Waals surface area contributed by atoms with E-state index in [1.54, 1.807) is 0 Å². The molecule has 0 radical (unpaired) electrons. The predicted molar refractivity (Wildman–Crippen MR) is 87.3 cm³/mol. The van der Waals surface area contributed by atoms with E-state index in [1.807, 2.05) is 12.1 Å². The molecule has 1 unspecified atom stereocenters. The summed E-state index contributed by atoms with van der Waals surface area (Å²) >= 11 is 5.96. The molecule has 1 atom stereocenters. The largest absolute Gasteiger partial charge is 0.310 e. The summed E-state index contributed by atoms with van der Waals surface area (Å²) in [4.78, 5) is 2.55. The molecule has 2 nitrogen and oxygen atoms in total. The lowest BCUT2D eigenvalue weighted by atomic mass is 9.95. The first kappa shape index (κ1) is 15.8. The van der Waals surface area contributed by atoms with Gasteiger partial charge in [-0.25, -0.2) is 0 Å². The molecule has 1 N–H and O–H groups in total. The van der Waals surface area contributed by atoms with Crippen LogP contribution in [0.3, 0.4) is 0 Å². The van der Waals surface area contributed by atoms with Crippen molar-refractivity contribution >= 4 is 11.6 Å². The number of hydrogen-bond acceptors (Lipinski definition) is 2. The Morgan fingerprint density at radius 1 is 1.20 bits per heavy atom. The molecule has 0 aliphatic carbocycles.